The van der Waals surface area contributed by atoms with Gasteiger partial charge in [0.15, 0.2) is 5.16 Å². The lowest BCUT2D eigenvalue weighted by Crippen LogP contribution is -2.10. The number of halogens is 1. The minimum atomic E-state index is -0.114. The van der Waals surface area contributed by atoms with E-state index in [1.807, 2.05) is 18.2 Å². The van der Waals surface area contributed by atoms with Crippen molar-refractivity contribution in [1.82, 2.24) is 9.97 Å². The number of aromatic nitrogens is 2. The first-order valence-electron chi connectivity index (χ1n) is 6.39. The zero-order valence-corrected chi connectivity index (χ0v) is 13.6. The van der Waals surface area contributed by atoms with Gasteiger partial charge in [0.1, 0.15) is 0 Å². The quantitative estimate of drug-likeness (QED) is 0.810. The fourth-order valence-electron chi connectivity index (χ4n) is 1.83. The van der Waals surface area contributed by atoms with Gasteiger partial charge in [-0.3, -0.25) is 4.79 Å². The van der Waals surface area contributed by atoms with Crippen LogP contribution in [0.3, 0.4) is 0 Å². The highest BCUT2D eigenvalue weighted by molar-refractivity contribution is 9.10. The van der Waals surface area contributed by atoms with E-state index in [1.165, 1.54) is 11.8 Å². The number of benzene rings is 1. The van der Waals surface area contributed by atoms with Gasteiger partial charge in [0.25, 0.3) is 5.56 Å². The molecule has 0 spiro atoms. The number of nitrogens with two attached hydrogens (primary N) is 1. The van der Waals surface area contributed by atoms with Gasteiger partial charge in [-0.1, -0.05) is 41.0 Å². The van der Waals surface area contributed by atoms with Crippen molar-refractivity contribution in [3.63, 3.8) is 0 Å². The van der Waals surface area contributed by atoms with E-state index in [2.05, 4.69) is 32.8 Å². The summed E-state index contributed by atoms with van der Waals surface area (Å²) in [5.41, 5.74) is 7.49. The molecule has 0 unspecified atom stereocenters. The van der Waals surface area contributed by atoms with Crippen LogP contribution in [0.2, 0.25) is 0 Å². The van der Waals surface area contributed by atoms with Crippen molar-refractivity contribution < 1.29 is 0 Å². The summed E-state index contributed by atoms with van der Waals surface area (Å²) in [5, 5.41) is 0.609. The predicted molar refractivity (Wildman–Crippen MR) is 85.0 cm³/mol. The summed E-state index contributed by atoms with van der Waals surface area (Å²) in [6, 6.07) is 7.47. The first-order chi connectivity index (χ1) is 9.62. The van der Waals surface area contributed by atoms with Crippen LogP contribution in [0.1, 0.15) is 24.6 Å². The zero-order valence-electron chi connectivity index (χ0n) is 11.1. The van der Waals surface area contributed by atoms with Gasteiger partial charge in [0, 0.05) is 27.7 Å². The molecule has 1 heterocycles. The third-order valence-electron chi connectivity index (χ3n) is 2.73. The molecule has 0 aliphatic rings. The Bertz CT molecular complexity index is 657. The largest absolute Gasteiger partial charge is 0.326 e. The van der Waals surface area contributed by atoms with E-state index < -0.39 is 0 Å². The van der Waals surface area contributed by atoms with E-state index in [1.54, 1.807) is 6.07 Å². The molecule has 0 amide bonds. The second kappa shape index (κ2) is 7.06. The molecule has 6 heteroatoms. The number of aromatic amines is 1. The zero-order chi connectivity index (χ0) is 14.5. The number of hydrogen-bond acceptors (Lipinski definition) is 4. The fraction of sp³-hybridized carbons (Fsp3) is 0.286. The van der Waals surface area contributed by atoms with Gasteiger partial charge >= 0.3 is 0 Å². The van der Waals surface area contributed by atoms with Crippen molar-refractivity contribution in [2.24, 2.45) is 5.73 Å². The number of nitrogens with one attached hydrogen (secondary N) is 1. The maximum absolute atomic E-state index is 11.6. The van der Waals surface area contributed by atoms with Crippen LogP contribution in [0.4, 0.5) is 0 Å². The normalized spacial score (nSPS) is 10.8. The third kappa shape index (κ3) is 3.94. The first-order valence-corrected chi connectivity index (χ1v) is 8.00. The Hall–Kier alpha value is -1.11. The van der Waals surface area contributed by atoms with E-state index in [9.17, 15) is 4.79 Å². The van der Waals surface area contributed by atoms with Gasteiger partial charge < -0.3 is 10.7 Å². The van der Waals surface area contributed by atoms with Crippen molar-refractivity contribution >= 4 is 27.7 Å². The molecule has 1 aromatic heterocycles. The van der Waals surface area contributed by atoms with Crippen molar-refractivity contribution in [3.8, 4) is 0 Å². The summed E-state index contributed by atoms with van der Waals surface area (Å²) in [5.74, 6) is 0. The van der Waals surface area contributed by atoms with Gasteiger partial charge in [-0.2, -0.15) is 0 Å². The molecule has 2 aromatic rings. The molecule has 0 saturated carbocycles. The minimum Gasteiger partial charge on any atom is -0.326 e. The van der Waals surface area contributed by atoms with E-state index in [-0.39, 0.29) is 5.56 Å². The third-order valence-corrected chi connectivity index (χ3v) is 4.23. The summed E-state index contributed by atoms with van der Waals surface area (Å²) >= 11 is 4.86. The molecule has 0 radical (unpaired) electrons. The average molecular weight is 354 g/mol. The van der Waals surface area contributed by atoms with E-state index in [4.69, 9.17) is 5.73 Å². The lowest BCUT2D eigenvalue weighted by molar-refractivity contribution is 0.815. The van der Waals surface area contributed by atoms with E-state index in [0.717, 1.165) is 33.5 Å². The molecule has 0 bridgehead atoms. The highest BCUT2D eigenvalue weighted by Crippen LogP contribution is 2.29. The van der Waals surface area contributed by atoms with Gasteiger partial charge in [0.05, 0.1) is 0 Å². The molecular formula is C14H16BrN3OS. The van der Waals surface area contributed by atoms with Gasteiger partial charge in [0.2, 0.25) is 0 Å². The first kappa shape index (κ1) is 15.3. The van der Waals surface area contributed by atoms with Crippen molar-refractivity contribution in [1.29, 1.82) is 0 Å². The molecule has 0 aliphatic carbocycles. The van der Waals surface area contributed by atoms with Crippen LogP contribution in [0, 0.1) is 0 Å². The van der Waals surface area contributed by atoms with Gasteiger partial charge in [-0.05, 0) is 30.2 Å². The molecule has 4 nitrogen and oxygen atoms in total. The van der Waals surface area contributed by atoms with Crippen molar-refractivity contribution in [3.05, 3.63) is 50.3 Å². The Morgan fingerprint density at radius 3 is 2.90 bits per heavy atom. The highest BCUT2D eigenvalue weighted by atomic mass is 79.9. The van der Waals surface area contributed by atoms with E-state index in [0.29, 0.717) is 11.7 Å². The summed E-state index contributed by atoms with van der Waals surface area (Å²) in [6.07, 6.45) is 1.77. The number of H-pyrrole nitrogens is 1. The minimum absolute atomic E-state index is 0.114. The molecule has 3 N–H and O–H groups in total. The Kier molecular flexibility index (Phi) is 5.39. The maximum atomic E-state index is 11.6. The Morgan fingerprint density at radius 1 is 1.40 bits per heavy atom. The van der Waals surface area contributed by atoms with Gasteiger partial charge in [-0.15, -0.1) is 0 Å². The second-order valence-electron chi connectivity index (χ2n) is 4.35. The summed E-state index contributed by atoms with van der Waals surface area (Å²) in [4.78, 5) is 19.9. The summed E-state index contributed by atoms with van der Waals surface area (Å²) < 4.78 is 0.989. The highest BCUT2D eigenvalue weighted by Gasteiger charge is 2.07. The molecule has 0 atom stereocenters. The second-order valence-corrected chi connectivity index (χ2v) is 6.30. The maximum Gasteiger partial charge on any atom is 0.251 e. The lowest BCUT2D eigenvalue weighted by atomic mass is 10.2. The Morgan fingerprint density at radius 2 is 2.20 bits per heavy atom. The molecule has 0 aliphatic heterocycles. The van der Waals surface area contributed by atoms with Crippen LogP contribution in [0.15, 0.2) is 43.6 Å². The smallest absolute Gasteiger partial charge is 0.251 e. The number of rotatable bonds is 5. The SMILES string of the molecule is CCCc1cc(=O)[nH]c(Sc2ccc(Br)cc2CN)n1. The van der Waals surface area contributed by atoms with Crippen molar-refractivity contribution in [2.75, 3.05) is 0 Å². The average Bonchev–Trinajstić information content (AvgIpc) is 2.40. The van der Waals surface area contributed by atoms with Gasteiger partial charge in [-0.25, -0.2) is 4.98 Å². The Balaban J connectivity index is 2.32. The predicted octanol–water partition coefficient (Wildman–Crippen LogP) is 3.09. The number of hydrogen-bond donors (Lipinski definition) is 2. The van der Waals surface area contributed by atoms with E-state index >= 15 is 0 Å². The molecule has 2 rings (SSSR count). The fourth-order valence-corrected chi connectivity index (χ4v) is 3.17. The topological polar surface area (TPSA) is 71.8 Å². The van der Waals surface area contributed by atoms with Crippen LogP contribution in [0.5, 0.6) is 0 Å². The van der Waals surface area contributed by atoms with Crippen molar-refractivity contribution in [2.45, 2.75) is 36.4 Å². The van der Waals surface area contributed by atoms with Crippen LogP contribution in [0.25, 0.3) is 0 Å². The molecule has 106 valence electrons. The molecule has 0 saturated heterocycles. The Labute approximate surface area is 130 Å². The monoisotopic (exact) mass is 353 g/mol. The van der Waals surface area contributed by atoms with Crippen LogP contribution in [-0.4, -0.2) is 9.97 Å². The molecular weight excluding hydrogens is 338 g/mol. The molecule has 20 heavy (non-hydrogen) atoms. The summed E-state index contributed by atoms with van der Waals surface area (Å²) in [6.45, 7) is 2.51. The molecule has 1 aromatic carbocycles. The number of aryl methyl sites for hydroxylation is 1. The van der Waals surface area contributed by atoms with Crippen LogP contribution >= 0.6 is 27.7 Å². The van der Waals surface area contributed by atoms with Crippen LogP contribution in [-0.2, 0) is 13.0 Å². The standard InChI is InChI=1S/C14H16BrN3OS/c1-2-3-11-7-13(19)18-14(17-11)20-12-5-4-10(15)6-9(12)8-16/h4-7H,2-3,8,16H2,1H3,(H,17,18,19). The number of nitrogens with zero attached hydrogens (tertiary/aromatic N) is 1. The summed E-state index contributed by atoms with van der Waals surface area (Å²) in [7, 11) is 0. The molecule has 0 fully saturated rings. The van der Waals surface area contributed by atoms with Crippen LogP contribution < -0.4 is 11.3 Å². The lowest BCUT2D eigenvalue weighted by Gasteiger charge is -2.08.